The SMILES string of the molecule is CN(C)C=C(Oc1ccc(Cl)cc1)C(=O)c1ccccc1Cl. The summed E-state index contributed by atoms with van der Waals surface area (Å²) in [5.41, 5.74) is 0.395. The summed E-state index contributed by atoms with van der Waals surface area (Å²) in [5.74, 6) is 0.424. The van der Waals surface area contributed by atoms with E-state index in [0.717, 1.165) is 0 Å². The fourth-order valence-electron chi connectivity index (χ4n) is 1.77. The van der Waals surface area contributed by atoms with Crippen molar-refractivity contribution in [2.75, 3.05) is 14.1 Å². The molecule has 3 nitrogen and oxygen atoms in total. The number of allylic oxidation sites excluding steroid dienone is 1. The smallest absolute Gasteiger partial charge is 0.231 e. The summed E-state index contributed by atoms with van der Waals surface area (Å²) in [6.07, 6.45) is 1.61. The number of hydrogen-bond acceptors (Lipinski definition) is 3. The van der Waals surface area contributed by atoms with Gasteiger partial charge in [0.05, 0.1) is 5.02 Å². The van der Waals surface area contributed by atoms with E-state index in [0.29, 0.717) is 21.4 Å². The largest absolute Gasteiger partial charge is 0.452 e. The zero-order chi connectivity index (χ0) is 16.1. The average molecular weight is 336 g/mol. The lowest BCUT2D eigenvalue weighted by Crippen LogP contribution is -2.14. The number of halogens is 2. The van der Waals surface area contributed by atoms with E-state index in [1.807, 2.05) is 14.1 Å². The van der Waals surface area contributed by atoms with Crippen LogP contribution in [-0.4, -0.2) is 24.8 Å². The average Bonchev–Trinajstić information content (AvgIpc) is 2.48. The Kier molecular flexibility index (Phi) is 5.47. The lowest BCUT2D eigenvalue weighted by molar-refractivity contribution is 0.0982. The molecular formula is C17H15Cl2NO2. The predicted molar refractivity (Wildman–Crippen MR) is 89.6 cm³/mol. The van der Waals surface area contributed by atoms with Gasteiger partial charge in [-0.3, -0.25) is 4.79 Å². The van der Waals surface area contributed by atoms with E-state index in [1.54, 1.807) is 59.6 Å². The summed E-state index contributed by atoms with van der Waals surface area (Å²) in [7, 11) is 3.62. The summed E-state index contributed by atoms with van der Waals surface area (Å²) < 4.78 is 5.70. The Bertz CT molecular complexity index is 694. The number of Topliss-reactive ketones (excluding diaryl/α,β-unsaturated/α-hetero) is 1. The molecule has 0 aliphatic heterocycles. The monoisotopic (exact) mass is 335 g/mol. The van der Waals surface area contributed by atoms with Crippen molar-refractivity contribution in [3.05, 3.63) is 76.1 Å². The zero-order valence-corrected chi connectivity index (χ0v) is 13.7. The molecule has 22 heavy (non-hydrogen) atoms. The number of hydrogen-bond donors (Lipinski definition) is 0. The molecule has 0 heterocycles. The van der Waals surface area contributed by atoms with Gasteiger partial charge in [-0.15, -0.1) is 0 Å². The van der Waals surface area contributed by atoms with Gasteiger partial charge >= 0.3 is 0 Å². The van der Waals surface area contributed by atoms with Gasteiger partial charge in [0.1, 0.15) is 5.75 Å². The first-order valence-corrected chi connectivity index (χ1v) is 7.34. The van der Waals surface area contributed by atoms with E-state index < -0.39 is 0 Å². The molecule has 0 saturated heterocycles. The third kappa shape index (κ3) is 4.26. The van der Waals surface area contributed by atoms with E-state index in [-0.39, 0.29) is 11.5 Å². The molecule has 0 N–H and O–H groups in total. The molecule has 0 aliphatic rings. The van der Waals surface area contributed by atoms with Crippen LogP contribution in [0.2, 0.25) is 10.0 Å². The summed E-state index contributed by atoms with van der Waals surface area (Å²) in [6, 6.07) is 13.7. The van der Waals surface area contributed by atoms with Gasteiger partial charge in [0.2, 0.25) is 5.78 Å². The molecule has 0 aromatic heterocycles. The van der Waals surface area contributed by atoms with Crippen LogP contribution in [0.25, 0.3) is 0 Å². The molecule has 5 heteroatoms. The number of rotatable bonds is 5. The summed E-state index contributed by atoms with van der Waals surface area (Å²) in [6.45, 7) is 0. The molecule has 2 aromatic carbocycles. The highest BCUT2D eigenvalue weighted by molar-refractivity contribution is 6.34. The van der Waals surface area contributed by atoms with Crippen LogP contribution < -0.4 is 4.74 Å². The highest BCUT2D eigenvalue weighted by Gasteiger charge is 2.18. The van der Waals surface area contributed by atoms with Gasteiger partial charge in [-0.2, -0.15) is 0 Å². The molecule has 0 aliphatic carbocycles. The van der Waals surface area contributed by atoms with E-state index in [2.05, 4.69) is 0 Å². The molecular weight excluding hydrogens is 321 g/mol. The minimum Gasteiger partial charge on any atom is -0.452 e. The topological polar surface area (TPSA) is 29.5 Å². The van der Waals surface area contributed by atoms with E-state index in [4.69, 9.17) is 27.9 Å². The van der Waals surface area contributed by atoms with Crippen LogP contribution in [-0.2, 0) is 0 Å². The van der Waals surface area contributed by atoms with Crippen molar-refractivity contribution < 1.29 is 9.53 Å². The van der Waals surface area contributed by atoms with Gasteiger partial charge in [-0.25, -0.2) is 0 Å². The maximum atomic E-state index is 12.6. The van der Waals surface area contributed by atoms with Crippen LogP contribution in [0.4, 0.5) is 0 Å². The molecule has 0 amide bonds. The van der Waals surface area contributed by atoms with E-state index in [1.165, 1.54) is 0 Å². The highest BCUT2D eigenvalue weighted by Crippen LogP contribution is 2.23. The minimum atomic E-state index is -0.283. The van der Waals surface area contributed by atoms with Crippen LogP contribution in [0.3, 0.4) is 0 Å². The predicted octanol–water partition coefficient (Wildman–Crippen LogP) is 4.66. The van der Waals surface area contributed by atoms with Crippen LogP contribution >= 0.6 is 23.2 Å². The first-order valence-electron chi connectivity index (χ1n) is 6.58. The number of carbonyl (C=O) groups excluding carboxylic acids is 1. The molecule has 0 atom stereocenters. The van der Waals surface area contributed by atoms with Crippen LogP contribution in [0.15, 0.2) is 60.5 Å². The molecule has 0 fully saturated rings. The molecule has 2 aromatic rings. The normalized spacial score (nSPS) is 11.2. The Morgan fingerprint density at radius 3 is 2.27 bits per heavy atom. The molecule has 114 valence electrons. The summed E-state index contributed by atoms with van der Waals surface area (Å²) >= 11 is 11.9. The van der Waals surface area contributed by atoms with Crippen molar-refractivity contribution in [1.29, 1.82) is 0 Å². The van der Waals surface area contributed by atoms with Gasteiger partial charge in [-0.1, -0.05) is 35.3 Å². The number of nitrogens with zero attached hydrogens (tertiary/aromatic N) is 1. The van der Waals surface area contributed by atoms with Crippen molar-refractivity contribution in [1.82, 2.24) is 4.90 Å². The van der Waals surface area contributed by atoms with Crippen LogP contribution in [0.5, 0.6) is 5.75 Å². The maximum Gasteiger partial charge on any atom is 0.231 e. The van der Waals surface area contributed by atoms with Gasteiger partial charge in [0.15, 0.2) is 5.76 Å². The fraction of sp³-hybridized carbons (Fsp3) is 0.118. The molecule has 0 spiro atoms. The molecule has 2 rings (SSSR count). The second-order valence-corrected chi connectivity index (χ2v) is 5.67. The van der Waals surface area contributed by atoms with Crippen molar-refractivity contribution >= 4 is 29.0 Å². The zero-order valence-electron chi connectivity index (χ0n) is 12.2. The summed E-state index contributed by atoms with van der Waals surface area (Å²) in [4.78, 5) is 14.4. The van der Waals surface area contributed by atoms with Crippen molar-refractivity contribution in [2.24, 2.45) is 0 Å². The number of carbonyl (C=O) groups is 1. The Hall–Kier alpha value is -1.97. The van der Waals surface area contributed by atoms with Crippen molar-refractivity contribution in [3.63, 3.8) is 0 Å². The van der Waals surface area contributed by atoms with Gasteiger partial charge in [0, 0.05) is 30.9 Å². The Morgan fingerprint density at radius 1 is 1.05 bits per heavy atom. The second kappa shape index (κ2) is 7.34. The lowest BCUT2D eigenvalue weighted by Gasteiger charge is -2.13. The fourth-order valence-corrected chi connectivity index (χ4v) is 2.12. The quantitative estimate of drug-likeness (QED) is 0.452. The van der Waals surface area contributed by atoms with Crippen molar-refractivity contribution in [3.8, 4) is 5.75 Å². The van der Waals surface area contributed by atoms with Gasteiger partial charge < -0.3 is 9.64 Å². The first-order chi connectivity index (χ1) is 10.5. The molecule has 0 bridgehead atoms. The van der Waals surface area contributed by atoms with Gasteiger partial charge in [0.25, 0.3) is 0 Å². The molecule has 0 unspecified atom stereocenters. The van der Waals surface area contributed by atoms with Crippen LogP contribution in [0.1, 0.15) is 10.4 Å². The standard InChI is InChI=1S/C17H15Cl2NO2/c1-20(2)11-16(22-13-9-7-12(18)8-10-13)17(21)14-5-3-4-6-15(14)19/h3-11H,1-2H3. The Morgan fingerprint density at radius 2 is 1.68 bits per heavy atom. The van der Waals surface area contributed by atoms with E-state index >= 15 is 0 Å². The first kappa shape index (κ1) is 16.4. The Labute approximate surface area is 139 Å². The minimum absolute atomic E-state index is 0.181. The maximum absolute atomic E-state index is 12.6. The molecule has 0 radical (unpaired) electrons. The molecule has 0 saturated carbocycles. The number of ketones is 1. The van der Waals surface area contributed by atoms with E-state index in [9.17, 15) is 4.79 Å². The third-order valence-electron chi connectivity index (χ3n) is 2.76. The Balaban J connectivity index is 2.33. The van der Waals surface area contributed by atoms with Crippen molar-refractivity contribution in [2.45, 2.75) is 0 Å². The number of ether oxygens (including phenoxy) is 1. The highest BCUT2D eigenvalue weighted by atomic mass is 35.5. The van der Waals surface area contributed by atoms with Crippen LogP contribution in [0, 0.1) is 0 Å². The number of benzene rings is 2. The third-order valence-corrected chi connectivity index (χ3v) is 3.34. The second-order valence-electron chi connectivity index (χ2n) is 4.82. The van der Waals surface area contributed by atoms with Gasteiger partial charge in [-0.05, 0) is 36.4 Å². The summed E-state index contributed by atoms with van der Waals surface area (Å²) in [5, 5.41) is 0.986. The lowest BCUT2D eigenvalue weighted by atomic mass is 10.1.